The molecule has 5 rings (SSSR count). The molecule has 1 heterocycles. The van der Waals surface area contributed by atoms with Gasteiger partial charge in [-0.1, -0.05) is 13.8 Å². The van der Waals surface area contributed by atoms with Crippen LogP contribution >= 0.6 is 0 Å². The van der Waals surface area contributed by atoms with Gasteiger partial charge in [0.05, 0.1) is 11.6 Å². The van der Waals surface area contributed by atoms with Crippen LogP contribution in [0.5, 0.6) is 0 Å². The van der Waals surface area contributed by atoms with E-state index in [2.05, 4.69) is 30.2 Å². The molecule has 0 saturated heterocycles. The molecule has 4 aliphatic rings. The maximum absolute atomic E-state index is 9.07. The normalized spacial score (nSPS) is 43.6. The van der Waals surface area contributed by atoms with E-state index in [-0.39, 0.29) is 5.54 Å². The zero-order valence-electron chi connectivity index (χ0n) is 12.9. The molecular formula is C18H23N3. The number of hydrogen-bond acceptors (Lipinski definition) is 3. The Morgan fingerprint density at radius 3 is 2.52 bits per heavy atom. The fourth-order valence-electron chi connectivity index (χ4n) is 6.43. The second-order valence-corrected chi connectivity index (χ2v) is 8.58. The zero-order valence-corrected chi connectivity index (χ0v) is 12.9. The molecule has 1 aromatic heterocycles. The number of nitriles is 1. The minimum atomic E-state index is 0.198. The molecule has 110 valence electrons. The Hall–Kier alpha value is -1.56. The molecule has 2 atom stereocenters. The molecule has 0 spiro atoms. The quantitative estimate of drug-likeness (QED) is 0.887. The van der Waals surface area contributed by atoms with E-state index in [1.54, 1.807) is 12.3 Å². The summed E-state index contributed by atoms with van der Waals surface area (Å²) in [5.74, 6) is 1.74. The molecule has 0 amide bonds. The average molecular weight is 281 g/mol. The van der Waals surface area contributed by atoms with Crippen molar-refractivity contribution < 1.29 is 0 Å². The van der Waals surface area contributed by atoms with Crippen LogP contribution in [0.15, 0.2) is 18.3 Å². The summed E-state index contributed by atoms with van der Waals surface area (Å²) in [5.41, 5.74) is 1.88. The lowest BCUT2D eigenvalue weighted by atomic mass is 9.43. The van der Waals surface area contributed by atoms with Crippen LogP contribution in [0.2, 0.25) is 0 Å². The van der Waals surface area contributed by atoms with Gasteiger partial charge >= 0.3 is 0 Å². The van der Waals surface area contributed by atoms with Crippen LogP contribution in [-0.4, -0.2) is 10.5 Å². The highest BCUT2D eigenvalue weighted by molar-refractivity contribution is 5.45. The van der Waals surface area contributed by atoms with Crippen LogP contribution in [0.1, 0.15) is 57.9 Å². The molecule has 3 nitrogen and oxygen atoms in total. The monoisotopic (exact) mass is 281 g/mol. The lowest BCUT2D eigenvalue weighted by Gasteiger charge is -2.65. The second kappa shape index (κ2) is 4.00. The smallest absolute Gasteiger partial charge is 0.127 e. The van der Waals surface area contributed by atoms with Gasteiger partial charge in [-0.25, -0.2) is 4.98 Å². The molecule has 1 N–H and O–H groups in total. The van der Waals surface area contributed by atoms with E-state index in [1.807, 2.05) is 6.07 Å². The second-order valence-electron chi connectivity index (χ2n) is 8.58. The maximum Gasteiger partial charge on any atom is 0.127 e. The number of pyridine rings is 1. The van der Waals surface area contributed by atoms with Crippen molar-refractivity contribution in [2.24, 2.45) is 16.7 Å². The predicted octanol–water partition coefficient (Wildman–Crippen LogP) is 4.11. The first-order valence-electron chi connectivity index (χ1n) is 8.06. The first-order valence-corrected chi connectivity index (χ1v) is 8.06. The Morgan fingerprint density at radius 1 is 1.19 bits per heavy atom. The van der Waals surface area contributed by atoms with Crippen LogP contribution in [0.3, 0.4) is 0 Å². The first-order chi connectivity index (χ1) is 9.92. The molecule has 4 bridgehead atoms. The van der Waals surface area contributed by atoms with Crippen LogP contribution in [0.4, 0.5) is 5.82 Å². The number of aromatic nitrogens is 1. The largest absolute Gasteiger partial charge is 0.365 e. The molecule has 0 radical (unpaired) electrons. The van der Waals surface area contributed by atoms with Crippen LogP contribution in [-0.2, 0) is 0 Å². The van der Waals surface area contributed by atoms with Gasteiger partial charge in [0.2, 0.25) is 0 Å². The summed E-state index contributed by atoms with van der Waals surface area (Å²) in [6.07, 6.45) is 9.71. The first kappa shape index (κ1) is 13.1. The van der Waals surface area contributed by atoms with E-state index in [1.165, 1.54) is 38.5 Å². The topological polar surface area (TPSA) is 48.7 Å². The summed E-state index contributed by atoms with van der Waals surface area (Å²) >= 11 is 0. The van der Waals surface area contributed by atoms with E-state index < -0.39 is 0 Å². The summed E-state index contributed by atoms with van der Waals surface area (Å²) in [7, 11) is 0. The molecule has 2 unspecified atom stereocenters. The number of nitrogens with zero attached hydrogens (tertiary/aromatic N) is 2. The highest BCUT2D eigenvalue weighted by atomic mass is 15.1. The Labute approximate surface area is 126 Å². The predicted molar refractivity (Wildman–Crippen MR) is 82.7 cm³/mol. The lowest BCUT2D eigenvalue weighted by Crippen LogP contribution is -2.61. The Balaban J connectivity index is 1.66. The van der Waals surface area contributed by atoms with Crippen LogP contribution in [0, 0.1) is 28.1 Å². The third-order valence-corrected chi connectivity index (χ3v) is 5.91. The van der Waals surface area contributed by atoms with Gasteiger partial charge in [0, 0.05) is 11.7 Å². The van der Waals surface area contributed by atoms with E-state index in [0.717, 1.165) is 11.7 Å². The number of anilines is 1. The summed E-state index contributed by atoms with van der Waals surface area (Å²) < 4.78 is 0. The number of nitrogens with one attached hydrogen (secondary N) is 1. The van der Waals surface area contributed by atoms with Crippen molar-refractivity contribution in [3.05, 3.63) is 23.9 Å². The van der Waals surface area contributed by atoms with Crippen molar-refractivity contribution in [1.82, 2.24) is 4.98 Å². The Bertz CT molecular complexity index is 612. The van der Waals surface area contributed by atoms with Crippen LogP contribution in [0.25, 0.3) is 0 Å². The van der Waals surface area contributed by atoms with E-state index >= 15 is 0 Å². The Kier molecular flexibility index (Phi) is 2.50. The molecule has 1 aromatic rings. The number of rotatable bonds is 2. The third-order valence-electron chi connectivity index (χ3n) is 5.91. The van der Waals surface area contributed by atoms with Gasteiger partial charge in [-0.05, 0) is 67.4 Å². The van der Waals surface area contributed by atoms with Gasteiger partial charge in [-0.2, -0.15) is 5.26 Å². The van der Waals surface area contributed by atoms with E-state index in [4.69, 9.17) is 5.26 Å². The van der Waals surface area contributed by atoms with Gasteiger partial charge in [0.1, 0.15) is 5.82 Å². The third kappa shape index (κ3) is 2.12. The molecular weight excluding hydrogens is 258 g/mol. The van der Waals surface area contributed by atoms with Crippen molar-refractivity contribution in [2.45, 2.75) is 57.9 Å². The van der Waals surface area contributed by atoms with Gasteiger partial charge in [0.25, 0.3) is 0 Å². The van der Waals surface area contributed by atoms with Crippen molar-refractivity contribution in [3.8, 4) is 6.07 Å². The minimum Gasteiger partial charge on any atom is -0.365 e. The highest BCUT2D eigenvalue weighted by Crippen LogP contribution is 2.66. The van der Waals surface area contributed by atoms with Gasteiger partial charge < -0.3 is 5.32 Å². The zero-order chi connectivity index (χ0) is 14.7. The molecule has 0 aromatic carbocycles. The molecule has 4 aliphatic carbocycles. The lowest BCUT2D eigenvalue weighted by molar-refractivity contribution is -0.0973. The fourth-order valence-corrected chi connectivity index (χ4v) is 6.43. The molecule has 0 aliphatic heterocycles. The number of hydrogen-bond donors (Lipinski definition) is 1. The molecule has 21 heavy (non-hydrogen) atoms. The highest BCUT2D eigenvalue weighted by Gasteiger charge is 2.60. The molecule has 4 saturated carbocycles. The summed E-state index contributed by atoms with van der Waals surface area (Å²) in [5, 5.41) is 12.8. The van der Waals surface area contributed by atoms with Crippen molar-refractivity contribution in [3.63, 3.8) is 0 Å². The summed E-state index contributed by atoms with van der Waals surface area (Å²) in [6, 6.07) is 5.87. The summed E-state index contributed by atoms with van der Waals surface area (Å²) in [6.45, 7) is 4.95. The molecule has 3 heteroatoms. The van der Waals surface area contributed by atoms with Gasteiger partial charge in [-0.15, -0.1) is 0 Å². The van der Waals surface area contributed by atoms with Crippen LogP contribution < -0.4 is 5.32 Å². The van der Waals surface area contributed by atoms with E-state index in [0.29, 0.717) is 16.4 Å². The molecule has 4 fully saturated rings. The van der Waals surface area contributed by atoms with E-state index in [9.17, 15) is 0 Å². The van der Waals surface area contributed by atoms with Gasteiger partial charge in [0.15, 0.2) is 0 Å². The maximum atomic E-state index is 9.07. The fraction of sp³-hybridized carbons (Fsp3) is 0.667. The average Bonchev–Trinajstić information content (AvgIpc) is 2.33. The standard InChI is InChI=1S/C18H23N3/c1-16-6-14-7-17(2,10-16)12-18(8-14,11-16)21-15-5-13(9-19)3-4-20-15/h3-5,14H,6-8,10-12H2,1-2H3,(H,20,21). The minimum absolute atomic E-state index is 0.198. The SMILES string of the molecule is CC12CC3CC(C)(C1)CC(Nc1cc(C#N)ccn1)(C3)C2. The van der Waals surface area contributed by atoms with Crippen molar-refractivity contribution in [1.29, 1.82) is 5.26 Å². The Morgan fingerprint density at radius 2 is 1.90 bits per heavy atom. The van der Waals surface area contributed by atoms with Crippen molar-refractivity contribution >= 4 is 5.82 Å². The van der Waals surface area contributed by atoms with Crippen molar-refractivity contribution in [2.75, 3.05) is 5.32 Å². The van der Waals surface area contributed by atoms with Gasteiger partial charge in [-0.3, -0.25) is 0 Å². The summed E-state index contributed by atoms with van der Waals surface area (Å²) in [4.78, 5) is 4.45.